The Morgan fingerprint density at radius 1 is 1.16 bits per heavy atom. The lowest BCUT2D eigenvalue weighted by molar-refractivity contribution is -0.147. The molecule has 1 saturated heterocycles. The lowest BCUT2D eigenvalue weighted by atomic mass is 9.87. The first kappa shape index (κ1) is 21.1. The zero-order valence-electron chi connectivity index (χ0n) is 16.9. The highest BCUT2D eigenvalue weighted by Crippen LogP contribution is 2.32. The molecule has 1 aliphatic heterocycles. The lowest BCUT2D eigenvalue weighted by Crippen LogP contribution is -2.44. The van der Waals surface area contributed by atoms with Crippen molar-refractivity contribution in [1.29, 1.82) is 0 Å². The largest absolute Gasteiger partial charge is 0.464 e. The van der Waals surface area contributed by atoms with E-state index in [2.05, 4.69) is 21.2 Å². The van der Waals surface area contributed by atoms with Gasteiger partial charge in [-0.05, 0) is 36.2 Å². The number of ether oxygens (including phenoxy) is 1. The molecule has 31 heavy (non-hydrogen) atoms. The minimum absolute atomic E-state index is 0.0844. The molecule has 1 aliphatic rings. The fraction of sp³-hybridized carbons (Fsp3) is 0.261. The predicted molar refractivity (Wildman–Crippen MR) is 117 cm³/mol. The molecule has 1 N–H and O–H groups in total. The number of hydrogen-bond donors (Lipinski definition) is 1. The van der Waals surface area contributed by atoms with Crippen molar-refractivity contribution < 1.29 is 23.5 Å². The molecule has 0 aliphatic carbocycles. The standard InChI is InChI=1S/C23H21BrN2O5/c1-2-23(16-6-4-3-5-7-16)21(28)26(22(29)25-23)14-20(27)30-11-10-18-13-15-12-17(24)8-9-19(15)31-18/h3-9,12-13H,2,10-11,14H2,1H3,(H,25,29). The van der Waals surface area contributed by atoms with E-state index in [4.69, 9.17) is 9.15 Å². The van der Waals surface area contributed by atoms with Gasteiger partial charge >= 0.3 is 12.0 Å². The summed E-state index contributed by atoms with van der Waals surface area (Å²) >= 11 is 3.42. The Hall–Kier alpha value is -3.13. The Bertz CT molecular complexity index is 1140. The molecule has 0 radical (unpaired) electrons. The first-order chi connectivity index (χ1) is 14.9. The highest BCUT2D eigenvalue weighted by Gasteiger charge is 2.51. The van der Waals surface area contributed by atoms with Crippen molar-refractivity contribution in [2.24, 2.45) is 0 Å². The van der Waals surface area contributed by atoms with Crippen molar-refractivity contribution in [3.63, 3.8) is 0 Å². The summed E-state index contributed by atoms with van der Waals surface area (Å²) in [6, 6.07) is 16.0. The summed E-state index contributed by atoms with van der Waals surface area (Å²) in [5.74, 6) is -0.418. The van der Waals surface area contributed by atoms with Crippen LogP contribution in [0.2, 0.25) is 0 Å². The van der Waals surface area contributed by atoms with E-state index in [0.29, 0.717) is 24.2 Å². The predicted octanol–water partition coefficient (Wildman–Crippen LogP) is 4.14. The summed E-state index contributed by atoms with van der Waals surface area (Å²) in [7, 11) is 0. The van der Waals surface area contributed by atoms with Gasteiger partial charge in [0, 0.05) is 16.3 Å². The molecular weight excluding hydrogens is 464 g/mol. The number of fused-ring (bicyclic) bond motifs is 1. The second-order valence-electron chi connectivity index (χ2n) is 7.31. The number of furan rings is 1. The Balaban J connectivity index is 1.36. The van der Waals surface area contributed by atoms with Gasteiger partial charge in [0.2, 0.25) is 0 Å². The van der Waals surface area contributed by atoms with Crippen molar-refractivity contribution in [2.45, 2.75) is 25.3 Å². The van der Waals surface area contributed by atoms with Crippen LogP contribution in [0, 0.1) is 0 Å². The van der Waals surface area contributed by atoms with Crippen LogP contribution in [0.3, 0.4) is 0 Å². The molecule has 3 amide bonds. The van der Waals surface area contributed by atoms with E-state index < -0.39 is 30.0 Å². The number of carbonyl (C=O) groups is 3. The number of amides is 3. The smallest absolute Gasteiger partial charge is 0.326 e. The highest BCUT2D eigenvalue weighted by atomic mass is 79.9. The molecule has 8 heteroatoms. The van der Waals surface area contributed by atoms with Gasteiger partial charge in [0.05, 0.1) is 6.61 Å². The van der Waals surface area contributed by atoms with E-state index in [1.165, 1.54) is 0 Å². The third-order valence-corrected chi connectivity index (χ3v) is 5.89. The summed E-state index contributed by atoms with van der Waals surface area (Å²) in [6.07, 6.45) is 0.760. The number of carbonyl (C=O) groups excluding carboxylic acids is 3. The zero-order chi connectivity index (χ0) is 22.0. The summed E-state index contributed by atoms with van der Waals surface area (Å²) < 4.78 is 11.9. The summed E-state index contributed by atoms with van der Waals surface area (Å²) in [4.78, 5) is 38.7. The van der Waals surface area contributed by atoms with E-state index in [-0.39, 0.29) is 6.61 Å². The maximum absolute atomic E-state index is 13.0. The fourth-order valence-corrected chi connectivity index (χ4v) is 4.14. The van der Waals surface area contributed by atoms with Crippen LogP contribution < -0.4 is 5.32 Å². The van der Waals surface area contributed by atoms with Gasteiger partial charge in [-0.2, -0.15) is 0 Å². The maximum Gasteiger partial charge on any atom is 0.326 e. The molecule has 1 fully saturated rings. The SMILES string of the molecule is CCC1(c2ccccc2)NC(=O)N(CC(=O)OCCc2cc3cc(Br)ccc3o2)C1=O. The van der Waals surface area contributed by atoms with Crippen LogP contribution in [-0.2, 0) is 26.3 Å². The minimum Gasteiger partial charge on any atom is -0.464 e. The van der Waals surface area contributed by atoms with Crippen molar-refractivity contribution in [3.8, 4) is 0 Å². The quantitative estimate of drug-likeness (QED) is 0.402. The van der Waals surface area contributed by atoms with Gasteiger partial charge in [-0.25, -0.2) is 4.79 Å². The van der Waals surface area contributed by atoms with Gasteiger partial charge in [-0.1, -0.05) is 53.2 Å². The number of esters is 1. The topological polar surface area (TPSA) is 88.8 Å². The number of rotatable bonds is 7. The summed E-state index contributed by atoms with van der Waals surface area (Å²) in [5, 5.41) is 3.70. The molecule has 1 unspecified atom stereocenters. The van der Waals surface area contributed by atoms with Gasteiger partial charge in [0.1, 0.15) is 23.4 Å². The number of nitrogens with one attached hydrogen (secondary N) is 1. The molecule has 7 nitrogen and oxygen atoms in total. The van der Waals surface area contributed by atoms with Gasteiger partial charge < -0.3 is 14.5 Å². The van der Waals surface area contributed by atoms with E-state index in [1.54, 1.807) is 24.3 Å². The second-order valence-corrected chi connectivity index (χ2v) is 8.23. The first-order valence-electron chi connectivity index (χ1n) is 9.96. The molecule has 2 aromatic carbocycles. The molecule has 0 saturated carbocycles. The average Bonchev–Trinajstić information content (AvgIpc) is 3.27. The van der Waals surface area contributed by atoms with Crippen molar-refractivity contribution in [3.05, 3.63) is 70.4 Å². The number of nitrogens with zero attached hydrogens (tertiary/aromatic N) is 1. The van der Waals surface area contributed by atoms with Crippen molar-refractivity contribution in [2.75, 3.05) is 13.2 Å². The molecule has 160 valence electrons. The number of urea groups is 1. The Morgan fingerprint density at radius 2 is 1.94 bits per heavy atom. The highest BCUT2D eigenvalue weighted by molar-refractivity contribution is 9.10. The number of hydrogen-bond acceptors (Lipinski definition) is 5. The van der Waals surface area contributed by atoms with Crippen molar-refractivity contribution >= 4 is 44.8 Å². The third kappa shape index (κ3) is 4.07. The van der Waals surface area contributed by atoms with Gasteiger partial charge in [0.25, 0.3) is 5.91 Å². The Kier molecular flexibility index (Phi) is 5.82. The lowest BCUT2D eigenvalue weighted by Gasteiger charge is -2.25. The molecule has 1 aromatic heterocycles. The fourth-order valence-electron chi connectivity index (χ4n) is 3.76. The molecule has 2 heterocycles. The van der Waals surface area contributed by atoms with Crippen LogP contribution in [0.4, 0.5) is 4.79 Å². The molecule has 3 aromatic rings. The molecule has 1 atom stereocenters. The maximum atomic E-state index is 13.0. The average molecular weight is 485 g/mol. The normalized spacial score (nSPS) is 18.5. The second kappa shape index (κ2) is 8.55. The van der Waals surface area contributed by atoms with Crippen LogP contribution in [-0.4, -0.2) is 36.0 Å². The van der Waals surface area contributed by atoms with E-state index in [1.807, 2.05) is 37.3 Å². The Labute approximate surface area is 187 Å². The zero-order valence-corrected chi connectivity index (χ0v) is 18.5. The van der Waals surface area contributed by atoms with E-state index in [9.17, 15) is 14.4 Å². The van der Waals surface area contributed by atoms with Crippen LogP contribution in [0.1, 0.15) is 24.7 Å². The van der Waals surface area contributed by atoms with Gasteiger partial charge in [-0.3, -0.25) is 14.5 Å². The van der Waals surface area contributed by atoms with Crippen LogP contribution in [0.5, 0.6) is 0 Å². The molecule has 0 spiro atoms. The van der Waals surface area contributed by atoms with Gasteiger partial charge in [-0.15, -0.1) is 0 Å². The molecule has 4 rings (SSSR count). The molecular formula is C23H21BrN2O5. The van der Waals surface area contributed by atoms with E-state index in [0.717, 1.165) is 20.3 Å². The minimum atomic E-state index is -1.17. The summed E-state index contributed by atoms with van der Waals surface area (Å²) in [6.45, 7) is 1.46. The van der Waals surface area contributed by atoms with Crippen LogP contribution >= 0.6 is 15.9 Å². The third-order valence-electron chi connectivity index (χ3n) is 5.40. The van der Waals surface area contributed by atoms with Gasteiger partial charge in [0.15, 0.2) is 0 Å². The van der Waals surface area contributed by atoms with E-state index >= 15 is 0 Å². The monoisotopic (exact) mass is 484 g/mol. The number of benzene rings is 2. The first-order valence-corrected chi connectivity index (χ1v) is 10.8. The Morgan fingerprint density at radius 3 is 2.68 bits per heavy atom. The van der Waals surface area contributed by atoms with Crippen LogP contribution in [0.15, 0.2) is 63.5 Å². The van der Waals surface area contributed by atoms with Crippen LogP contribution in [0.25, 0.3) is 11.0 Å². The molecule has 0 bridgehead atoms. The number of imide groups is 1. The number of halogens is 1. The van der Waals surface area contributed by atoms with Crippen molar-refractivity contribution in [1.82, 2.24) is 10.2 Å². The summed E-state index contributed by atoms with van der Waals surface area (Å²) in [5.41, 5.74) is 0.269.